The molecule has 0 bridgehead atoms. The number of hydrogen-bond acceptors (Lipinski definition) is 3. The van der Waals surface area contributed by atoms with Crippen molar-refractivity contribution in [3.8, 4) is 11.8 Å². The molecule has 0 saturated carbocycles. The van der Waals surface area contributed by atoms with Crippen LogP contribution in [0.4, 0.5) is 5.69 Å². The molecule has 3 nitrogen and oxygen atoms in total. The molecule has 0 atom stereocenters. The van der Waals surface area contributed by atoms with E-state index in [1.807, 2.05) is 0 Å². The summed E-state index contributed by atoms with van der Waals surface area (Å²) in [5, 5.41) is 0. The van der Waals surface area contributed by atoms with E-state index in [1.54, 1.807) is 18.2 Å². The highest BCUT2D eigenvalue weighted by Gasteiger charge is 2.36. The van der Waals surface area contributed by atoms with Crippen molar-refractivity contribution in [2.24, 2.45) is 5.84 Å². The van der Waals surface area contributed by atoms with Gasteiger partial charge in [-0.15, -0.1) is 0 Å². The van der Waals surface area contributed by atoms with Crippen LogP contribution in [0.2, 0.25) is 0 Å². The number of benzene rings is 1. The zero-order valence-electron chi connectivity index (χ0n) is 15.9. The first-order valence-corrected chi connectivity index (χ1v) is 9.01. The van der Waals surface area contributed by atoms with Crippen molar-refractivity contribution in [3.05, 3.63) is 74.9 Å². The van der Waals surface area contributed by atoms with Gasteiger partial charge in [-0.25, -0.2) is 0 Å². The van der Waals surface area contributed by atoms with Crippen LogP contribution in [0.25, 0.3) is 0 Å². The molecule has 0 saturated heterocycles. The zero-order valence-corrected chi connectivity index (χ0v) is 15.9. The van der Waals surface area contributed by atoms with Gasteiger partial charge in [0.15, 0.2) is 0 Å². The number of nitrogen functional groups attached to an aromatic ring is 1. The van der Waals surface area contributed by atoms with Crippen molar-refractivity contribution >= 4 is 5.69 Å². The molecule has 0 aliphatic heterocycles. The Bertz CT molecular complexity index is 962. The molecule has 3 N–H and O–H groups in total. The van der Waals surface area contributed by atoms with Gasteiger partial charge in [0.1, 0.15) is 0 Å². The Morgan fingerprint density at radius 2 is 1.42 bits per heavy atom. The summed E-state index contributed by atoms with van der Waals surface area (Å²) < 4.78 is 0. The number of hydrazine groups is 1. The van der Waals surface area contributed by atoms with E-state index >= 15 is 0 Å². The lowest BCUT2D eigenvalue weighted by Crippen LogP contribution is -2.33. The summed E-state index contributed by atoms with van der Waals surface area (Å²) in [6.07, 6.45) is 2.38. The Hall–Kier alpha value is -2.57. The minimum atomic E-state index is -0.154. The quantitative estimate of drug-likeness (QED) is 0.465. The molecule has 0 aromatic heterocycles. The van der Waals surface area contributed by atoms with Gasteiger partial charge in [0.05, 0.1) is 5.69 Å². The van der Waals surface area contributed by atoms with Gasteiger partial charge in [0.25, 0.3) is 0 Å². The number of hydrogen-bond donors (Lipinski definition) is 2. The molecule has 0 radical (unpaired) electrons. The van der Waals surface area contributed by atoms with E-state index < -0.39 is 0 Å². The lowest BCUT2D eigenvalue weighted by atomic mass is 9.63. The molecule has 0 spiro atoms. The van der Waals surface area contributed by atoms with Crippen molar-refractivity contribution in [3.63, 3.8) is 0 Å². The summed E-state index contributed by atoms with van der Waals surface area (Å²) in [6, 6.07) is 13.2. The molecule has 3 heteroatoms. The van der Waals surface area contributed by atoms with Gasteiger partial charge < -0.3 is 5.43 Å². The van der Waals surface area contributed by atoms with Gasteiger partial charge in [0.2, 0.25) is 5.43 Å². The third-order valence-corrected chi connectivity index (χ3v) is 5.47. The highest BCUT2D eigenvalue weighted by atomic mass is 16.1. The number of fused-ring (bicyclic) bond motifs is 1. The van der Waals surface area contributed by atoms with E-state index in [0.717, 1.165) is 11.1 Å². The summed E-state index contributed by atoms with van der Waals surface area (Å²) in [7, 11) is 0. The van der Waals surface area contributed by atoms with E-state index in [1.165, 1.54) is 30.0 Å². The van der Waals surface area contributed by atoms with Crippen LogP contribution in [0.15, 0.2) is 47.3 Å². The Morgan fingerprint density at radius 1 is 0.846 bits per heavy atom. The fourth-order valence-corrected chi connectivity index (χ4v) is 3.58. The van der Waals surface area contributed by atoms with Crippen molar-refractivity contribution < 1.29 is 0 Å². The smallest absolute Gasteiger partial charge is 0.203 e. The second-order valence-electron chi connectivity index (χ2n) is 8.32. The van der Waals surface area contributed by atoms with E-state index in [4.69, 9.17) is 5.84 Å². The lowest BCUT2D eigenvalue weighted by molar-refractivity contribution is 0.332. The van der Waals surface area contributed by atoms with E-state index in [9.17, 15) is 4.79 Å². The molecule has 3 rings (SSSR count). The highest BCUT2D eigenvalue weighted by Crippen LogP contribution is 2.45. The fourth-order valence-electron chi connectivity index (χ4n) is 3.58. The van der Waals surface area contributed by atoms with Crippen molar-refractivity contribution in [1.82, 2.24) is 0 Å². The summed E-state index contributed by atoms with van der Waals surface area (Å²) >= 11 is 0. The van der Waals surface area contributed by atoms with Gasteiger partial charge >= 0.3 is 0 Å². The van der Waals surface area contributed by atoms with Crippen LogP contribution in [0.5, 0.6) is 0 Å². The van der Waals surface area contributed by atoms with Crippen LogP contribution in [0, 0.1) is 11.8 Å². The monoisotopic (exact) mass is 346 g/mol. The minimum absolute atomic E-state index is 0.154. The lowest BCUT2D eigenvalue weighted by Gasteiger charge is -2.41. The van der Waals surface area contributed by atoms with Gasteiger partial charge in [-0.1, -0.05) is 45.6 Å². The SMILES string of the molecule is CC1(C)CCC(C)(C)c2cc(C#Cc3ccc(NN)c(=O)cc3)ccc21. The predicted octanol–water partition coefficient (Wildman–Crippen LogP) is 4.08. The Labute approximate surface area is 155 Å². The van der Waals surface area contributed by atoms with Crippen molar-refractivity contribution in [2.45, 2.75) is 51.4 Å². The normalized spacial score (nSPS) is 16.8. The van der Waals surface area contributed by atoms with Crippen molar-refractivity contribution in [2.75, 3.05) is 5.43 Å². The van der Waals surface area contributed by atoms with Gasteiger partial charge in [0, 0.05) is 11.1 Å². The van der Waals surface area contributed by atoms with Crippen LogP contribution in [0.1, 0.15) is 62.8 Å². The number of nitrogens with one attached hydrogen (secondary N) is 1. The fraction of sp³-hybridized carbons (Fsp3) is 0.348. The van der Waals surface area contributed by atoms with E-state index in [-0.39, 0.29) is 16.3 Å². The zero-order chi connectivity index (χ0) is 18.9. The largest absolute Gasteiger partial charge is 0.321 e. The topological polar surface area (TPSA) is 55.1 Å². The van der Waals surface area contributed by atoms with Gasteiger partial charge in [-0.3, -0.25) is 10.6 Å². The van der Waals surface area contributed by atoms with Crippen LogP contribution in [-0.4, -0.2) is 0 Å². The van der Waals surface area contributed by atoms with Crippen LogP contribution < -0.4 is 16.7 Å². The van der Waals surface area contributed by atoms with Gasteiger partial charge in [-0.05, 0) is 71.2 Å². The Kier molecular flexibility index (Phi) is 4.64. The molecular weight excluding hydrogens is 320 g/mol. The number of nitrogens with two attached hydrogens (primary N) is 1. The first kappa shape index (κ1) is 18.2. The van der Waals surface area contributed by atoms with Crippen LogP contribution in [-0.2, 0) is 10.8 Å². The predicted molar refractivity (Wildman–Crippen MR) is 108 cm³/mol. The Balaban J connectivity index is 2.00. The molecule has 0 heterocycles. The molecule has 1 aliphatic carbocycles. The molecular formula is C23H26N2O. The molecule has 0 amide bonds. The average molecular weight is 346 g/mol. The first-order valence-electron chi connectivity index (χ1n) is 9.01. The van der Waals surface area contributed by atoms with E-state index in [0.29, 0.717) is 5.69 Å². The molecule has 1 aliphatic rings. The van der Waals surface area contributed by atoms with Crippen LogP contribution >= 0.6 is 0 Å². The average Bonchev–Trinajstić information content (AvgIpc) is 2.78. The third-order valence-electron chi connectivity index (χ3n) is 5.47. The summed E-state index contributed by atoms with van der Waals surface area (Å²) in [5.41, 5.74) is 7.59. The maximum absolute atomic E-state index is 11.8. The molecule has 2 aromatic rings. The molecule has 2 aromatic carbocycles. The maximum atomic E-state index is 11.8. The number of rotatable bonds is 1. The standard InChI is InChI=1S/C23H26N2O/c1-22(2)13-14-23(3,4)19-15-17(7-10-18(19)22)6-5-16-8-11-20(25-24)21(26)12-9-16/h7-12,15H,13-14,24H2,1-4H3,(H,25,26). The maximum Gasteiger partial charge on any atom is 0.203 e. The minimum Gasteiger partial charge on any atom is -0.321 e. The molecule has 134 valence electrons. The van der Waals surface area contributed by atoms with Gasteiger partial charge in [-0.2, -0.15) is 0 Å². The molecule has 26 heavy (non-hydrogen) atoms. The van der Waals surface area contributed by atoms with Crippen molar-refractivity contribution in [1.29, 1.82) is 0 Å². The molecule has 0 unspecified atom stereocenters. The molecule has 0 fully saturated rings. The van der Waals surface area contributed by atoms with Crippen LogP contribution in [0.3, 0.4) is 0 Å². The second kappa shape index (κ2) is 6.63. The first-order chi connectivity index (χ1) is 12.2. The Morgan fingerprint density at radius 3 is 2.12 bits per heavy atom. The van der Waals surface area contributed by atoms with E-state index in [2.05, 4.69) is 63.2 Å². The second-order valence-corrected chi connectivity index (χ2v) is 8.32. The summed E-state index contributed by atoms with van der Waals surface area (Å²) in [6.45, 7) is 9.26. The summed E-state index contributed by atoms with van der Waals surface area (Å²) in [4.78, 5) is 11.8. The summed E-state index contributed by atoms with van der Waals surface area (Å²) in [5.74, 6) is 11.7. The highest BCUT2D eigenvalue weighted by molar-refractivity contribution is 5.51. The number of anilines is 1. The third kappa shape index (κ3) is 3.52.